The molecule has 2 aromatic rings. The van der Waals surface area contributed by atoms with E-state index in [4.69, 9.17) is 22.1 Å². The van der Waals surface area contributed by atoms with Crippen molar-refractivity contribution in [1.29, 1.82) is 0 Å². The third-order valence-electron chi connectivity index (χ3n) is 3.76. The highest BCUT2D eigenvalue weighted by atomic mass is 35.5. The molecule has 132 valence electrons. The Hall–Kier alpha value is -2.53. The summed E-state index contributed by atoms with van der Waals surface area (Å²) in [4.78, 5) is 23.7. The maximum atomic E-state index is 12.3. The highest BCUT2D eigenvalue weighted by Crippen LogP contribution is 2.27. The van der Waals surface area contributed by atoms with E-state index < -0.39 is 5.91 Å². The Labute approximate surface area is 152 Å². The van der Waals surface area contributed by atoms with Gasteiger partial charge in [-0.1, -0.05) is 43.6 Å². The van der Waals surface area contributed by atoms with Crippen molar-refractivity contribution in [2.75, 3.05) is 11.9 Å². The van der Waals surface area contributed by atoms with E-state index in [-0.39, 0.29) is 29.7 Å². The first-order valence-electron chi connectivity index (χ1n) is 7.91. The van der Waals surface area contributed by atoms with E-state index in [0.717, 1.165) is 16.8 Å². The molecule has 2 amide bonds. The van der Waals surface area contributed by atoms with Gasteiger partial charge in [-0.2, -0.15) is 0 Å². The van der Waals surface area contributed by atoms with Crippen LogP contribution in [0.4, 0.5) is 5.69 Å². The van der Waals surface area contributed by atoms with E-state index in [1.807, 2.05) is 25.1 Å². The van der Waals surface area contributed by atoms with Gasteiger partial charge in [0.2, 0.25) is 0 Å². The summed E-state index contributed by atoms with van der Waals surface area (Å²) in [7, 11) is 0. The van der Waals surface area contributed by atoms with Gasteiger partial charge in [0, 0.05) is 10.7 Å². The Morgan fingerprint density at radius 3 is 2.60 bits per heavy atom. The summed E-state index contributed by atoms with van der Waals surface area (Å²) in [6.07, 6.45) is 0. The zero-order valence-corrected chi connectivity index (χ0v) is 15.2. The van der Waals surface area contributed by atoms with Crippen LogP contribution in [0.1, 0.15) is 41.3 Å². The molecule has 0 bridgehead atoms. The fourth-order valence-electron chi connectivity index (χ4n) is 2.48. The number of anilines is 1. The first kappa shape index (κ1) is 18.8. The molecule has 0 aliphatic rings. The number of ether oxygens (including phenoxy) is 1. The van der Waals surface area contributed by atoms with Crippen LogP contribution >= 0.6 is 11.6 Å². The molecule has 2 rings (SSSR count). The summed E-state index contributed by atoms with van der Waals surface area (Å²) in [6, 6.07) is 10.4. The Morgan fingerprint density at radius 2 is 1.96 bits per heavy atom. The Morgan fingerprint density at radius 1 is 1.24 bits per heavy atom. The summed E-state index contributed by atoms with van der Waals surface area (Å²) in [6.45, 7) is 5.82. The van der Waals surface area contributed by atoms with Crippen LogP contribution in [0, 0.1) is 6.92 Å². The number of primary amides is 1. The van der Waals surface area contributed by atoms with Crippen molar-refractivity contribution in [2.24, 2.45) is 5.73 Å². The number of nitrogens with one attached hydrogen (secondary N) is 1. The fourth-order valence-corrected chi connectivity index (χ4v) is 2.65. The topological polar surface area (TPSA) is 81.4 Å². The van der Waals surface area contributed by atoms with Crippen molar-refractivity contribution in [2.45, 2.75) is 26.7 Å². The standard InChI is InChI=1S/C19H21ClN2O3/c1-11(2)14-6-4-5-12(3)18(14)22-17(23)10-25-16-8-7-13(20)9-15(16)19(21)24/h4-9,11H,10H2,1-3H3,(H2,21,24)(H,22,23). The van der Waals surface area contributed by atoms with Crippen LogP contribution in [0.5, 0.6) is 5.75 Å². The van der Waals surface area contributed by atoms with Gasteiger partial charge in [-0.25, -0.2) is 0 Å². The number of aryl methyl sites for hydroxylation is 1. The van der Waals surface area contributed by atoms with Crippen LogP contribution in [0.15, 0.2) is 36.4 Å². The molecule has 0 radical (unpaired) electrons. The average Bonchev–Trinajstić information content (AvgIpc) is 2.55. The maximum absolute atomic E-state index is 12.3. The molecule has 2 aromatic carbocycles. The number of nitrogens with two attached hydrogens (primary N) is 1. The number of hydrogen-bond acceptors (Lipinski definition) is 3. The highest BCUT2D eigenvalue weighted by molar-refractivity contribution is 6.31. The fraction of sp³-hybridized carbons (Fsp3) is 0.263. The van der Waals surface area contributed by atoms with Gasteiger partial charge in [-0.05, 0) is 42.2 Å². The molecule has 0 fully saturated rings. The van der Waals surface area contributed by atoms with Gasteiger partial charge in [0.05, 0.1) is 5.56 Å². The second-order valence-electron chi connectivity index (χ2n) is 6.04. The summed E-state index contributed by atoms with van der Waals surface area (Å²) in [5.74, 6) is -0.491. The first-order chi connectivity index (χ1) is 11.8. The molecule has 0 atom stereocenters. The number of carbonyl (C=O) groups excluding carboxylic acids is 2. The third-order valence-corrected chi connectivity index (χ3v) is 3.99. The van der Waals surface area contributed by atoms with E-state index in [9.17, 15) is 9.59 Å². The van der Waals surface area contributed by atoms with E-state index in [1.54, 1.807) is 6.07 Å². The van der Waals surface area contributed by atoms with E-state index >= 15 is 0 Å². The van der Waals surface area contributed by atoms with Crippen LogP contribution in [0.3, 0.4) is 0 Å². The van der Waals surface area contributed by atoms with Gasteiger partial charge in [0.15, 0.2) is 6.61 Å². The molecule has 25 heavy (non-hydrogen) atoms. The van der Waals surface area contributed by atoms with Crippen molar-refractivity contribution in [1.82, 2.24) is 0 Å². The Balaban J connectivity index is 2.12. The monoisotopic (exact) mass is 360 g/mol. The Kier molecular flexibility index (Phi) is 6.04. The number of halogens is 1. The SMILES string of the molecule is Cc1cccc(C(C)C)c1NC(=O)COc1ccc(Cl)cc1C(N)=O. The molecule has 6 heteroatoms. The lowest BCUT2D eigenvalue weighted by atomic mass is 9.98. The lowest BCUT2D eigenvalue weighted by Gasteiger charge is -2.17. The quantitative estimate of drug-likeness (QED) is 0.819. The summed E-state index contributed by atoms with van der Waals surface area (Å²) >= 11 is 5.85. The summed E-state index contributed by atoms with van der Waals surface area (Å²) in [5.41, 5.74) is 8.26. The molecule has 3 N–H and O–H groups in total. The minimum Gasteiger partial charge on any atom is -0.483 e. The number of rotatable bonds is 6. The zero-order chi connectivity index (χ0) is 18.6. The predicted molar refractivity (Wildman–Crippen MR) is 99.4 cm³/mol. The molecule has 0 saturated carbocycles. The van der Waals surface area contributed by atoms with Gasteiger partial charge in [0.1, 0.15) is 5.75 Å². The molecule has 0 unspecified atom stereocenters. The van der Waals surface area contributed by atoms with Crippen molar-refractivity contribution in [3.63, 3.8) is 0 Å². The molecule has 0 aliphatic carbocycles. The van der Waals surface area contributed by atoms with Crippen LogP contribution in [-0.4, -0.2) is 18.4 Å². The van der Waals surface area contributed by atoms with Crippen LogP contribution < -0.4 is 15.8 Å². The van der Waals surface area contributed by atoms with Crippen LogP contribution in [-0.2, 0) is 4.79 Å². The van der Waals surface area contributed by atoms with E-state index in [1.165, 1.54) is 12.1 Å². The van der Waals surface area contributed by atoms with E-state index in [0.29, 0.717) is 5.02 Å². The largest absolute Gasteiger partial charge is 0.483 e. The van der Waals surface area contributed by atoms with Crippen LogP contribution in [0.25, 0.3) is 0 Å². The number of carbonyl (C=O) groups is 2. The average molecular weight is 361 g/mol. The van der Waals surface area contributed by atoms with Gasteiger partial charge in [-0.15, -0.1) is 0 Å². The zero-order valence-electron chi connectivity index (χ0n) is 14.4. The molecule has 0 saturated heterocycles. The summed E-state index contributed by atoms with van der Waals surface area (Å²) in [5, 5.41) is 3.25. The van der Waals surface area contributed by atoms with Crippen molar-refractivity contribution in [3.05, 3.63) is 58.1 Å². The molecular formula is C19H21ClN2O3. The summed E-state index contributed by atoms with van der Waals surface area (Å²) < 4.78 is 5.46. The molecule has 5 nitrogen and oxygen atoms in total. The van der Waals surface area contributed by atoms with Crippen molar-refractivity contribution >= 4 is 29.1 Å². The van der Waals surface area contributed by atoms with Crippen molar-refractivity contribution < 1.29 is 14.3 Å². The molecule has 0 aromatic heterocycles. The lowest BCUT2D eigenvalue weighted by molar-refractivity contribution is -0.118. The van der Waals surface area contributed by atoms with Gasteiger partial charge < -0.3 is 15.8 Å². The maximum Gasteiger partial charge on any atom is 0.262 e. The second-order valence-corrected chi connectivity index (χ2v) is 6.47. The number of amides is 2. The second kappa shape index (κ2) is 8.03. The lowest BCUT2D eigenvalue weighted by Crippen LogP contribution is -2.23. The van der Waals surface area contributed by atoms with Crippen molar-refractivity contribution in [3.8, 4) is 5.75 Å². The molecule has 0 aliphatic heterocycles. The number of para-hydroxylation sites is 1. The molecular weight excluding hydrogens is 340 g/mol. The van der Waals surface area contributed by atoms with Gasteiger partial charge in [0.25, 0.3) is 11.8 Å². The minimum absolute atomic E-state index is 0.138. The van der Waals surface area contributed by atoms with Gasteiger partial charge >= 0.3 is 0 Å². The highest BCUT2D eigenvalue weighted by Gasteiger charge is 2.15. The Bertz CT molecular complexity index is 803. The smallest absolute Gasteiger partial charge is 0.262 e. The molecule has 0 spiro atoms. The first-order valence-corrected chi connectivity index (χ1v) is 8.29. The number of benzene rings is 2. The van der Waals surface area contributed by atoms with Gasteiger partial charge in [-0.3, -0.25) is 9.59 Å². The third kappa shape index (κ3) is 4.73. The van der Waals surface area contributed by atoms with Crippen LogP contribution in [0.2, 0.25) is 5.02 Å². The number of hydrogen-bond donors (Lipinski definition) is 2. The molecule has 0 heterocycles. The minimum atomic E-state index is -0.668. The predicted octanol–water partition coefficient (Wildman–Crippen LogP) is 3.89. The normalized spacial score (nSPS) is 10.6. The van der Waals surface area contributed by atoms with E-state index in [2.05, 4.69) is 19.2 Å².